The highest BCUT2D eigenvalue weighted by molar-refractivity contribution is 6.34. The van der Waals surface area contributed by atoms with Crippen LogP contribution in [-0.2, 0) is 6.61 Å². The molecule has 0 bridgehead atoms. The van der Waals surface area contributed by atoms with Crippen LogP contribution >= 0.6 is 0 Å². The molecule has 5 heteroatoms. The van der Waals surface area contributed by atoms with Gasteiger partial charge in [0.2, 0.25) is 0 Å². The van der Waals surface area contributed by atoms with Gasteiger partial charge in [0, 0.05) is 6.07 Å². The first-order chi connectivity index (χ1) is 9.50. The van der Waals surface area contributed by atoms with Crippen molar-refractivity contribution in [1.82, 2.24) is 0 Å². The first-order valence-electron chi connectivity index (χ1n) is 6.17. The summed E-state index contributed by atoms with van der Waals surface area (Å²) in [6.07, 6.45) is 0. The Morgan fingerprint density at radius 3 is 2.60 bits per heavy atom. The van der Waals surface area contributed by atoms with Gasteiger partial charge in [-0.05, 0) is 36.2 Å². The highest BCUT2D eigenvalue weighted by Crippen LogP contribution is 2.22. The molecule has 20 heavy (non-hydrogen) atoms. The number of nitro groups is 1. The number of ether oxygens (including phenoxy) is 1. The minimum Gasteiger partial charge on any atom is -0.489 e. The van der Waals surface area contributed by atoms with Crippen LogP contribution in [0.2, 0.25) is 0 Å². The fraction of sp³-hybridized carbons (Fsp3) is 0.200. The van der Waals surface area contributed by atoms with Gasteiger partial charge >= 0.3 is 0 Å². The van der Waals surface area contributed by atoms with Gasteiger partial charge in [-0.25, -0.2) is 0 Å². The fourth-order valence-corrected chi connectivity index (χ4v) is 2.28. The zero-order chi connectivity index (χ0) is 14.7. The third kappa shape index (κ3) is 2.88. The number of aryl methyl sites for hydroxylation is 1. The molecule has 0 heterocycles. The maximum absolute atomic E-state index is 11.0. The number of para-hydroxylation sites is 1. The molecule has 0 unspecified atom stereocenters. The number of nitrogens with zero attached hydrogens (tertiary/aromatic N) is 1. The van der Waals surface area contributed by atoms with Crippen molar-refractivity contribution in [2.45, 2.75) is 20.5 Å². The fourth-order valence-electron chi connectivity index (χ4n) is 1.94. The van der Waals surface area contributed by atoms with Crippen LogP contribution in [0.4, 0.5) is 5.69 Å². The average Bonchev–Trinajstić information content (AvgIpc) is 2.43. The van der Waals surface area contributed by atoms with Crippen LogP contribution in [0.15, 0.2) is 36.4 Å². The zero-order valence-corrected chi connectivity index (χ0v) is 12.3. The lowest BCUT2D eigenvalue weighted by Crippen LogP contribution is -2.12. The van der Waals surface area contributed by atoms with E-state index in [1.165, 1.54) is 6.07 Å². The molecule has 2 aromatic rings. The van der Waals surface area contributed by atoms with E-state index in [9.17, 15) is 10.1 Å². The second kappa shape index (κ2) is 5.88. The van der Waals surface area contributed by atoms with Gasteiger partial charge < -0.3 is 4.74 Å². The van der Waals surface area contributed by atoms with E-state index >= 15 is 0 Å². The Kier molecular flexibility index (Phi) is 4.19. The van der Waals surface area contributed by atoms with Gasteiger partial charge in [-0.3, -0.25) is 10.1 Å². The second-order valence-electron chi connectivity index (χ2n) is 4.56. The molecule has 0 aromatic heterocycles. The van der Waals surface area contributed by atoms with E-state index in [0.29, 0.717) is 5.56 Å². The summed E-state index contributed by atoms with van der Waals surface area (Å²) in [4.78, 5) is 10.6. The van der Waals surface area contributed by atoms with Crippen molar-refractivity contribution in [3.05, 3.63) is 63.2 Å². The quantitative estimate of drug-likeness (QED) is 0.492. The van der Waals surface area contributed by atoms with Gasteiger partial charge in [-0.2, -0.15) is 0 Å². The number of hydrogen-bond acceptors (Lipinski definition) is 3. The van der Waals surface area contributed by atoms with Gasteiger partial charge in [0.25, 0.3) is 5.69 Å². The third-order valence-electron chi connectivity index (χ3n) is 3.24. The van der Waals surface area contributed by atoms with Gasteiger partial charge in [0.15, 0.2) is 0 Å². The van der Waals surface area contributed by atoms with Crippen molar-refractivity contribution in [2.75, 3.05) is 0 Å². The first-order valence-corrected chi connectivity index (χ1v) is 6.67. The molecule has 3 radical (unpaired) electrons. The monoisotopic (exact) mass is 284 g/mol. The predicted octanol–water partition coefficient (Wildman–Crippen LogP) is 2.58. The molecule has 101 valence electrons. The molecule has 2 aromatic carbocycles. The Hall–Kier alpha value is -2.14. The van der Waals surface area contributed by atoms with Crippen molar-refractivity contribution in [1.29, 1.82) is 0 Å². The van der Waals surface area contributed by atoms with E-state index in [2.05, 4.69) is 10.2 Å². The van der Waals surface area contributed by atoms with E-state index < -0.39 is 4.92 Å². The Morgan fingerprint density at radius 2 is 1.90 bits per heavy atom. The molecule has 2 rings (SSSR count). The summed E-state index contributed by atoms with van der Waals surface area (Å²) in [5.74, 6) is 0.722. The normalized spacial score (nSPS) is 10.3. The molecule has 0 aliphatic rings. The number of rotatable bonds is 4. The summed E-state index contributed by atoms with van der Waals surface area (Å²) in [5.41, 5.74) is 2.78. The van der Waals surface area contributed by atoms with Crippen LogP contribution < -0.4 is 9.92 Å². The molecule has 0 aliphatic heterocycles. The van der Waals surface area contributed by atoms with Crippen molar-refractivity contribution in [3.8, 4) is 5.75 Å². The van der Waals surface area contributed by atoms with E-state index in [0.717, 1.165) is 22.1 Å². The molecule has 0 spiro atoms. The first kappa shape index (κ1) is 14.3. The summed E-state index contributed by atoms with van der Waals surface area (Å²) < 4.78 is 5.77. The Bertz CT molecular complexity index is 656. The highest BCUT2D eigenvalue weighted by Gasteiger charge is 2.14. The molecule has 0 saturated heterocycles. The zero-order valence-electron chi connectivity index (χ0n) is 11.3. The van der Waals surface area contributed by atoms with Crippen LogP contribution in [0.1, 0.15) is 16.7 Å². The number of benzene rings is 2. The predicted molar refractivity (Wildman–Crippen MR) is 78.7 cm³/mol. The van der Waals surface area contributed by atoms with Gasteiger partial charge in [0.1, 0.15) is 12.4 Å². The third-order valence-corrected chi connectivity index (χ3v) is 3.63. The maximum Gasteiger partial charge on any atom is 0.276 e. The highest BCUT2D eigenvalue weighted by atomic mass is 28.1. The van der Waals surface area contributed by atoms with E-state index in [1.807, 2.05) is 26.0 Å². The Labute approximate surface area is 121 Å². The van der Waals surface area contributed by atoms with Crippen molar-refractivity contribution in [3.63, 3.8) is 0 Å². The molecular formula is C15H14NO3Si. The van der Waals surface area contributed by atoms with E-state index in [1.54, 1.807) is 18.2 Å². The van der Waals surface area contributed by atoms with E-state index in [-0.39, 0.29) is 12.3 Å². The van der Waals surface area contributed by atoms with Gasteiger partial charge in [-0.1, -0.05) is 24.3 Å². The summed E-state index contributed by atoms with van der Waals surface area (Å²) in [5, 5.41) is 11.8. The number of hydrogen-bond donors (Lipinski definition) is 0. The standard InChI is InChI=1S/C15H14NO3Si/c1-10-7-8-14(20)15(11(10)2)19-9-12-5-3-4-6-13(12)16(17)18/h3-8H,9H2,1-2H3. The van der Waals surface area contributed by atoms with Crippen molar-refractivity contribution in [2.24, 2.45) is 0 Å². The summed E-state index contributed by atoms with van der Waals surface area (Å²) >= 11 is 0. The summed E-state index contributed by atoms with van der Waals surface area (Å²) in [7, 11) is 3.50. The molecule has 4 nitrogen and oxygen atoms in total. The van der Waals surface area contributed by atoms with Crippen LogP contribution in [0, 0.1) is 24.0 Å². The Morgan fingerprint density at radius 1 is 1.20 bits per heavy atom. The number of nitro benzene ring substituents is 1. The molecule has 0 saturated carbocycles. The average molecular weight is 284 g/mol. The Balaban J connectivity index is 2.26. The molecule has 0 amide bonds. The van der Waals surface area contributed by atoms with Crippen LogP contribution in [-0.4, -0.2) is 15.2 Å². The smallest absolute Gasteiger partial charge is 0.276 e. The largest absolute Gasteiger partial charge is 0.489 e. The molecule has 0 atom stereocenters. The molecule has 0 fully saturated rings. The summed E-state index contributed by atoms with van der Waals surface area (Å²) in [6.45, 7) is 4.13. The lowest BCUT2D eigenvalue weighted by molar-refractivity contribution is -0.385. The SMILES string of the molecule is Cc1ccc([Si])c(OCc2ccccc2[N+](=O)[O-])c1C. The van der Waals surface area contributed by atoms with Crippen LogP contribution in [0.5, 0.6) is 5.75 Å². The maximum atomic E-state index is 11.0. The topological polar surface area (TPSA) is 52.4 Å². The van der Waals surface area contributed by atoms with Crippen LogP contribution in [0.25, 0.3) is 0 Å². The second-order valence-corrected chi connectivity index (χ2v) is 5.10. The van der Waals surface area contributed by atoms with Crippen LogP contribution in [0.3, 0.4) is 0 Å². The lowest BCUT2D eigenvalue weighted by atomic mass is 10.1. The van der Waals surface area contributed by atoms with Gasteiger partial charge in [-0.15, -0.1) is 0 Å². The minimum absolute atomic E-state index is 0.0771. The van der Waals surface area contributed by atoms with Crippen molar-refractivity contribution < 1.29 is 9.66 Å². The van der Waals surface area contributed by atoms with E-state index in [4.69, 9.17) is 4.74 Å². The minimum atomic E-state index is -0.392. The lowest BCUT2D eigenvalue weighted by Gasteiger charge is -2.14. The summed E-state index contributed by atoms with van der Waals surface area (Å²) in [6, 6.07) is 10.5. The van der Waals surface area contributed by atoms with Crippen molar-refractivity contribution >= 4 is 21.1 Å². The van der Waals surface area contributed by atoms with Gasteiger partial charge in [0.05, 0.1) is 20.7 Å². The molecule has 0 aliphatic carbocycles. The molecule has 0 N–H and O–H groups in total. The molecular weight excluding hydrogens is 270 g/mol.